The van der Waals surface area contributed by atoms with Crippen molar-refractivity contribution in [2.75, 3.05) is 0 Å². The molecule has 0 bridgehead atoms. The minimum atomic E-state index is -0.953. The predicted molar refractivity (Wildman–Crippen MR) is 57.7 cm³/mol. The number of carbonyl (C=O) groups excluding carboxylic acids is 1. The van der Waals surface area contributed by atoms with Gasteiger partial charge in [-0.05, 0) is 24.6 Å². The third-order valence-corrected chi connectivity index (χ3v) is 2.29. The lowest BCUT2D eigenvalue weighted by molar-refractivity contribution is -0.128. The Morgan fingerprint density at radius 3 is 2.57 bits per heavy atom. The van der Waals surface area contributed by atoms with Crippen LogP contribution in [0.5, 0.6) is 0 Å². The Morgan fingerprint density at radius 1 is 1.50 bits per heavy atom. The third kappa shape index (κ3) is 3.47. The molecule has 0 spiro atoms. The van der Waals surface area contributed by atoms with Crippen LogP contribution in [0.25, 0.3) is 0 Å². The minimum absolute atomic E-state index is 0.354. The molecule has 1 aromatic rings. The zero-order valence-corrected chi connectivity index (χ0v) is 9.41. The quantitative estimate of drug-likeness (QED) is 0.862. The van der Waals surface area contributed by atoms with E-state index in [1.165, 1.54) is 6.92 Å². The monoisotopic (exact) mass is 257 g/mol. The zero-order valence-electron chi connectivity index (χ0n) is 7.83. The SMILES string of the molecule is CC(O)C(=O)NCc1ccc(Br)cc1. The lowest BCUT2D eigenvalue weighted by atomic mass is 10.2. The van der Waals surface area contributed by atoms with Crippen molar-refractivity contribution in [3.05, 3.63) is 34.3 Å². The van der Waals surface area contributed by atoms with Crippen LogP contribution in [-0.4, -0.2) is 17.1 Å². The van der Waals surface area contributed by atoms with Gasteiger partial charge >= 0.3 is 0 Å². The second kappa shape index (κ2) is 5.12. The van der Waals surface area contributed by atoms with Gasteiger partial charge < -0.3 is 10.4 Å². The van der Waals surface area contributed by atoms with E-state index in [9.17, 15) is 4.79 Å². The molecule has 4 heteroatoms. The predicted octanol–water partition coefficient (Wildman–Crippen LogP) is 1.45. The normalized spacial score (nSPS) is 12.2. The standard InChI is InChI=1S/C10H12BrNO2/c1-7(13)10(14)12-6-8-2-4-9(11)5-3-8/h2-5,7,13H,6H2,1H3,(H,12,14). The maximum atomic E-state index is 11.0. The first-order chi connectivity index (χ1) is 6.59. The molecule has 76 valence electrons. The lowest BCUT2D eigenvalue weighted by Crippen LogP contribution is -2.31. The third-order valence-electron chi connectivity index (χ3n) is 1.76. The van der Waals surface area contributed by atoms with Gasteiger partial charge in [0.1, 0.15) is 6.10 Å². The minimum Gasteiger partial charge on any atom is -0.384 e. The summed E-state index contributed by atoms with van der Waals surface area (Å²) < 4.78 is 1.00. The number of carbonyl (C=O) groups is 1. The molecule has 0 aliphatic rings. The van der Waals surface area contributed by atoms with E-state index in [0.717, 1.165) is 10.0 Å². The van der Waals surface area contributed by atoms with Crippen LogP contribution in [0, 0.1) is 0 Å². The Kier molecular flexibility index (Phi) is 4.10. The first kappa shape index (κ1) is 11.2. The summed E-state index contributed by atoms with van der Waals surface area (Å²) in [6.07, 6.45) is -0.953. The van der Waals surface area contributed by atoms with E-state index in [-0.39, 0.29) is 5.91 Å². The number of nitrogens with one attached hydrogen (secondary N) is 1. The average Bonchev–Trinajstić information content (AvgIpc) is 2.16. The highest BCUT2D eigenvalue weighted by atomic mass is 79.9. The number of hydrogen-bond acceptors (Lipinski definition) is 2. The molecule has 0 radical (unpaired) electrons. The Balaban J connectivity index is 2.46. The van der Waals surface area contributed by atoms with E-state index in [4.69, 9.17) is 5.11 Å². The molecule has 3 nitrogen and oxygen atoms in total. The van der Waals surface area contributed by atoms with Gasteiger partial charge in [0, 0.05) is 11.0 Å². The van der Waals surface area contributed by atoms with E-state index in [2.05, 4.69) is 21.2 Å². The van der Waals surface area contributed by atoms with Gasteiger partial charge in [-0.15, -0.1) is 0 Å². The summed E-state index contributed by atoms with van der Waals surface area (Å²) in [6.45, 7) is 1.88. The molecule has 0 aliphatic carbocycles. The number of aliphatic hydroxyl groups is 1. The number of amides is 1. The maximum absolute atomic E-state index is 11.0. The largest absolute Gasteiger partial charge is 0.384 e. The summed E-state index contributed by atoms with van der Waals surface area (Å²) in [5.41, 5.74) is 1.00. The smallest absolute Gasteiger partial charge is 0.248 e. The molecule has 0 fully saturated rings. The van der Waals surface area contributed by atoms with E-state index in [1.54, 1.807) is 0 Å². The molecule has 1 aromatic carbocycles. The van der Waals surface area contributed by atoms with Gasteiger partial charge in [-0.25, -0.2) is 0 Å². The van der Waals surface area contributed by atoms with E-state index in [0.29, 0.717) is 6.54 Å². The van der Waals surface area contributed by atoms with Crippen molar-refractivity contribution >= 4 is 21.8 Å². The summed E-state index contributed by atoms with van der Waals surface area (Å²) >= 11 is 3.32. The van der Waals surface area contributed by atoms with Gasteiger partial charge in [0.2, 0.25) is 5.91 Å². The van der Waals surface area contributed by atoms with Crippen LogP contribution in [0.4, 0.5) is 0 Å². The van der Waals surface area contributed by atoms with Crippen LogP contribution < -0.4 is 5.32 Å². The Bertz CT molecular complexity index is 308. The summed E-state index contributed by atoms with van der Waals surface area (Å²) in [5, 5.41) is 11.5. The summed E-state index contributed by atoms with van der Waals surface area (Å²) in [6, 6.07) is 7.63. The molecule has 0 saturated heterocycles. The number of benzene rings is 1. The topological polar surface area (TPSA) is 49.3 Å². The van der Waals surface area contributed by atoms with Crippen molar-refractivity contribution in [2.45, 2.75) is 19.6 Å². The first-order valence-corrected chi connectivity index (χ1v) is 5.09. The van der Waals surface area contributed by atoms with Gasteiger partial charge in [-0.2, -0.15) is 0 Å². The lowest BCUT2D eigenvalue weighted by Gasteiger charge is -2.06. The molecule has 0 aliphatic heterocycles. The molecule has 1 atom stereocenters. The zero-order chi connectivity index (χ0) is 10.6. The molecular formula is C10H12BrNO2. The second-order valence-corrected chi connectivity index (χ2v) is 3.94. The second-order valence-electron chi connectivity index (χ2n) is 3.02. The highest BCUT2D eigenvalue weighted by Gasteiger charge is 2.06. The number of halogens is 1. The number of hydrogen-bond donors (Lipinski definition) is 2. The van der Waals surface area contributed by atoms with Crippen molar-refractivity contribution in [3.63, 3.8) is 0 Å². The van der Waals surface area contributed by atoms with E-state index >= 15 is 0 Å². The van der Waals surface area contributed by atoms with Crippen LogP contribution in [0.1, 0.15) is 12.5 Å². The van der Waals surface area contributed by atoms with E-state index < -0.39 is 6.10 Å². The van der Waals surface area contributed by atoms with Crippen LogP contribution in [-0.2, 0) is 11.3 Å². The van der Waals surface area contributed by atoms with Crippen molar-refractivity contribution in [1.29, 1.82) is 0 Å². The molecule has 1 amide bonds. The fraction of sp³-hybridized carbons (Fsp3) is 0.300. The highest BCUT2D eigenvalue weighted by molar-refractivity contribution is 9.10. The van der Waals surface area contributed by atoms with Gasteiger partial charge in [-0.3, -0.25) is 4.79 Å². The molecule has 0 aromatic heterocycles. The van der Waals surface area contributed by atoms with Crippen molar-refractivity contribution < 1.29 is 9.90 Å². The molecule has 2 N–H and O–H groups in total. The molecule has 0 heterocycles. The summed E-state index contributed by atoms with van der Waals surface area (Å²) in [5.74, 6) is -0.354. The molecule has 14 heavy (non-hydrogen) atoms. The van der Waals surface area contributed by atoms with Crippen molar-refractivity contribution in [1.82, 2.24) is 5.32 Å². The van der Waals surface area contributed by atoms with Gasteiger partial charge in [0.25, 0.3) is 0 Å². The van der Waals surface area contributed by atoms with Crippen LogP contribution in [0.15, 0.2) is 28.7 Å². The molecule has 0 saturated carbocycles. The highest BCUT2D eigenvalue weighted by Crippen LogP contribution is 2.10. The maximum Gasteiger partial charge on any atom is 0.248 e. The first-order valence-electron chi connectivity index (χ1n) is 4.30. The number of rotatable bonds is 3. The summed E-state index contributed by atoms with van der Waals surface area (Å²) in [4.78, 5) is 11.0. The van der Waals surface area contributed by atoms with E-state index in [1.807, 2.05) is 24.3 Å². The van der Waals surface area contributed by atoms with Crippen LogP contribution >= 0.6 is 15.9 Å². The Morgan fingerprint density at radius 2 is 2.07 bits per heavy atom. The molecular weight excluding hydrogens is 246 g/mol. The summed E-state index contributed by atoms with van der Waals surface area (Å²) in [7, 11) is 0. The van der Waals surface area contributed by atoms with Crippen LogP contribution in [0.2, 0.25) is 0 Å². The molecule has 1 rings (SSSR count). The number of aliphatic hydroxyl groups excluding tert-OH is 1. The van der Waals surface area contributed by atoms with Gasteiger partial charge in [-0.1, -0.05) is 28.1 Å². The Labute approximate surface area is 91.3 Å². The fourth-order valence-corrected chi connectivity index (χ4v) is 1.20. The van der Waals surface area contributed by atoms with Crippen LogP contribution in [0.3, 0.4) is 0 Å². The van der Waals surface area contributed by atoms with Gasteiger partial charge in [0.05, 0.1) is 0 Å². The fourth-order valence-electron chi connectivity index (χ4n) is 0.939. The molecule has 1 unspecified atom stereocenters. The average molecular weight is 258 g/mol. The van der Waals surface area contributed by atoms with Crippen molar-refractivity contribution in [3.8, 4) is 0 Å². The Hall–Kier alpha value is -0.870. The van der Waals surface area contributed by atoms with Crippen molar-refractivity contribution in [2.24, 2.45) is 0 Å². The van der Waals surface area contributed by atoms with Gasteiger partial charge in [0.15, 0.2) is 0 Å².